The third-order valence-electron chi connectivity index (χ3n) is 7.06. The molecule has 3 rings (SSSR count). The number of hydrogen-bond acceptors (Lipinski definition) is 8. The van der Waals surface area contributed by atoms with E-state index < -0.39 is 6.09 Å². The van der Waals surface area contributed by atoms with Crippen LogP contribution in [0.5, 0.6) is 5.75 Å². The van der Waals surface area contributed by atoms with Crippen molar-refractivity contribution in [2.75, 3.05) is 56.7 Å². The van der Waals surface area contributed by atoms with Crippen molar-refractivity contribution in [1.29, 1.82) is 0 Å². The molecule has 2 aliphatic rings. The van der Waals surface area contributed by atoms with Crippen LogP contribution in [0.4, 0.5) is 10.5 Å². The molecule has 1 aromatic rings. The molecule has 0 saturated carbocycles. The second kappa shape index (κ2) is 18.4. The molecular formula is C26H42N4O5S2Tc+3. The Bertz CT molecular complexity index is 855. The van der Waals surface area contributed by atoms with Crippen LogP contribution in [0.25, 0.3) is 0 Å². The average Bonchev–Trinajstić information content (AvgIpc) is 2.83. The molecule has 1 aromatic carbocycles. The van der Waals surface area contributed by atoms with Crippen molar-refractivity contribution in [3.63, 3.8) is 0 Å². The van der Waals surface area contributed by atoms with Gasteiger partial charge in [0.05, 0.1) is 19.3 Å². The second-order valence-electron chi connectivity index (χ2n) is 9.73. The van der Waals surface area contributed by atoms with E-state index in [2.05, 4.69) is 45.7 Å². The van der Waals surface area contributed by atoms with Crippen LogP contribution < -0.4 is 15.4 Å². The molecule has 12 heteroatoms. The number of methoxy groups -OCH3 is 1. The maximum atomic E-state index is 12.7. The Kier molecular flexibility index (Phi) is 16.9. The minimum absolute atomic E-state index is 0. The molecule has 2 N–H and O–H groups in total. The fourth-order valence-corrected chi connectivity index (χ4v) is 5.84. The smallest absolute Gasteiger partial charge is 2.00 e. The summed E-state index contributed by atoms with van der Waals surface area (Å²) in [6.07, 6.45) is 5.72. The molecule has 0 radical (unpaired) electrons. The molecule has 2 amide bonds. The van der Waals surface area contributed by atoms with Gasteiger partial charge in [0.15, 0.2) is 0 Å². The topological polar surface area (TPSA) is 112 Å². The molecule has 38 heavy (non-hydrogen) atoms. The van der Waals surface area contributed by atoms with Gasteiger partial charge in [-0.2, -0.15) is 25.3 Å². The third-order valence-corrected chi connectivity index (χ3v) is 7.48. The van der Waals surface area contributed by atoms with Gasteiger partial charge in [-0.3, -0.25) is 19.9 Å². The van der Waals surface area contributed by atoms with Gasteiger partial charge in [0, 0.05) is 49.5 Å². The van der Waals surface area contributed by atoms with E-state index in [1.165, 1.54) is 6.42 Å². The van der Waals surface area contributed by atoms with Gasteiger partial charge >= 0.3 is 26.2 Å². The summed E-state index contributed by atoms with van der Waals surface area (Å²) >= 11 is 8.51. The van der Waals surface area contributed by atoms with Gasteiger partial charge < -0.3 is 20.3 Å². The zero-order chi connectivity index (χ0) is 25.9. The van der Waals surface area contributed by atoms with Crippen molar-refractivity contribution >= 4 is 42.9 Å². The monoisotopic (exact) mass is 653 g/mol. The van der Waals surface area contributed by atoms with Crippen molar-refractivity contribution in [2.24, 2.45) is 0 Å². The fraction of sp³-hybridized carbons (Fsp3) is 0.692. The van der Waals surface area contributed by atoms with E-state index in [1.807, 2.05) is 25.1 Å². The molecule has 2 aliphatic heterocycles. The fourth-order valence-electron chi connectivity index (χ4n) is 5.44. The Morgan fingerprint density at radius 2 is 1.84 bits per heavy atom. The first-order valence-corrected chi connectivity index (χ1v) is 14.3. The van der Waals surface area contributed by atoms with Crippen LogP contribution in [0.2, 0.25) is 0 Å². The molecule has 2 bridgehead atoms. The maximum absolute atomic E-state index is 12.7. The number of fused-ring (bicyclic) bond motifs is 2. The SMILES string of the molecule is COc1ccc(C)cc1NC(=O)OC1C[C@H]2CCC[C@@H](C1)N2CCCN(CCS)CC(=O)NCCS.[99Tc+5].[O-2]. The summed E-state index contributed by atoms with van der Waals surface area (Å²) in [5.41, 5.74) is 1.67. The number of rotatable bonds is 13. The van der Waals surface area contributed by atoms with Crippen LogP contribution in [-0.2, 0) is 35.1 Å². The molecule has 212 valence electrons. The summed E-state index contributed by atoms with van der Waals surface area (Å²) in [4.78, 5) is 29.6. The number of carbonyl (C=O) groups is 2. The van der Waals surface area contributed by atoms with E-state index in [0.717, 1.165) is 63.1 Å². The van der Waals surface area contributed by atoms with Gasteiger partial charge in [0.1, 0.15) is 11.9 Å². The Morgan fingerprint density at radius 1 is 1.13 bits per heavy atom. The number of anilines is 1. The molecule has 3 atom stereocenters. The van der Waals surface area contributed by atoms with Crippen LogP contribution in [0.1, 0.15) is 44.1 Å². The van der Waals surface area contributed by atoms with Gasteiger partial charge in [-0.05, 0) is 57.0 Å². The molecule has 9 nitrogen and oxygen atoms in total. The molecule has 2 heterocycles. The molecule has 0 spiro atoms. The number of ether oxygens (including phenoxy) is 2. The van der Waals surface area contributed by atoms with E-state index in [0.29, 0.717) is 42.4 Å². The predicted molar refractivity (Wildman–Crippen MR) is 151 cm³/mol. The summed E-state index contributed by atoms with van der Waals surface area (Å²) in [5, 5.41) is 5.76. The van der Waals surface area contributed by atoms with E-state index in [-0.39, 0.29) is 37.6 Å². The number of hydrogen-bond donors (Lipinski definition) is 4. The zero-order valence-electron chi connectivity index (χ0n) is 22.4. The standard InChI is InChI=1S/C26H42N4O4S2.O.Tc/c1-19-7-8-24(33-2)23(15-19)28-26(32)34-22-16-20-5-3-6-21(17-22)30(20)11-4-10-29(12-14-36)18-25(31)27-9-13-35;;/h7-8,15,20-22,35-36H,3-6,9-14,16-18H2,1-2H3,(H,27,31)(H,28,32);;/q;-2;+5/t20-,21+,22?;;/i;;1+1. The molecule has 0 aliphatic carbocycles. The van der Waals surface area contributed by atoms with Gasteiger partial charge in [0.25, 0.3) is 0 Å². The third kappa shape index (κ3) is 10.9. The normalized spacial score (nSPS) is 20.6. The molecule has 1 unspecified atom stereocenters. The van der Waals surface area contributed by atoms with Crippen LogP contribution in [0, 0.1) is 6.92 Å². The summed E-state index contributed by atoms with van der Waals surface area (Å²) in [7, 11) is 1.59. The van der Waals surface area contributed by atoms with Gasteiger partial charge in [0.2, 0.25) is 5.91 Å². The van der Waals surface area contributed by atoms with E-state index in [1.54, 1.807) is 7.11 Å². The Labute approximate surface area is 251 Å². The van der Waals surface area contributed by atoms with Crippen molar-refractivity contribution in [3.8, 4) is 5.75 Å². The number of thiol groups is 2. The number of nitrogens with zero attached hydrogens (tertiary/aromatic N) is 2. The van der Waals surface area contributed by atoms with Crippen LogP contribution in [0.15, 0.2) is 18.2 Å². The summed E-state index contributed by atoms with van der Waals surface area (Å²) in [5.74, 6) is 2.03. The number of piperidine rings is 2. The van der Waals surface area contributed by atoms with Crippen molar-refractivity contribution in [3.05, 3.63) is 23.8 Å². The van der Waals surface area contributed by atoms with Gasteiger partial charge in [-0.1, -0.05) is 12.5 Å². The first-order valence-electron chi connectivity index (χ1n) is 13.0. The number of amides is 2. The van der Waals surface area contributed by atoms with E-state index in [4.69, 9.17) is 9.47 Å². The first kappa shape index (κ1) is 35.0. The minimum Gasteiger partial charge on any atom is -2.00 e. The average molecular weight is 654 g/mol. The second-order valence-corrected chi connectivity index (χ2v) is 10.6. The van der Waals surface area contributed by atoms with Crippen LogP contribution in [0.3, 0.4) is 0 Å². The summed E-state index contributed by atoms with van der Waals surface area (Å²) in [6, 6.07) is 6.54. The molecule has 0 aromatic heterocycles. The molecule has 2 saturated heterocycles. The zero-order valence-corrected chi connectivity index (χ0v) is 26.0. The Morgan fingerprint density at radius 3 is 2.47 bits per heavy atom. The van der Waals surface area contributed by atoms with Crippen LogP contribution >= 0.6 is 25.3 Å². The molecular weight excluding hydrogens is 611 g/mol. The maximum Gasteiger partial charge on any atom is 5.00 e. The van der Waals surface area contributed by atoms with E-state index in [9.17, 15) is 9.59 Å². The van der Waals surface area contributed by atoms with Gasteiger partial charge in [-0.25, -0.2) is 4.79 Å². The van der Waals surface area contributed by atoms with E-state index >= 15 is 0 Å². The van der Waals surface area contributed by atoms with Crippen molar-refractivity contribution < 1.29 is 44.6 Å². The van der Waals surface area contributed by atoms with Crippen LogP contribution in [-0.4, -0.2) is 91.3 Å². The number of aryl methyl sites for hydroxylation is 1. The number of nitrogens with one attached hydrogen (secondary N) is 2. The predicted octanol–water partition coefficient (Wildman–Crippen LogP) is 3.48. The summed E-state index contributed by atoms with van der Waals surface area (Å²) in [6.45, 7) is 5.62. The van der Waals surface area contributed by atoms with Crippen molar-refractivity contribution in [1.82, 2.24) is 15.1 Å². The first-order chi connectivity index (χ1) is 17.4. The number of carbonyl (C=O) groups excluding carboxylic acids is 2. The summed E-state index contributed by atoms with van der Waals surface area (Å²) < 4.78 is 11.2. The largest absolute Gasteiger partial charge is 5.00 e. The van der Waals surface area contributed by atoms with Gasteiger partial charge in [-0.15, -0.1) is 0 Å². The molecule has 2 fully saturated rings. The van der Waals surface area contributed by atoms with Crippen molar-refractivity contribution in [2.45, 2.75) is 63.6 Å². The minimum atomic E-state index is -0.422. The Hall–Kier alpha value is -1.01. The Balaban J connectivity index is 0.00000361. The quantitative estimate of drug-likeness (QED) is 0.243. The number of benzene rings is 1.